The number of nitrogens with zero attached hydrogens (tertiary/aromatic N) is 3. The molecule has 0 atom stereocenters. The lowest BCUT2D eigenvalue weighted by Gasteiger charge is -2.31. The summed E-state index contributed by atoms with van der Waals surface area (Å²) in [7, 11) is 1.90. The zero-order valence-corrected chi connectivity index (χ0v) is 10.9. The molecule has 1 saturated heterocycles. The lowest BCUT2D eigenvalue weighted by molar-refractivity contribution is 0.0983. The first-order valence-corrected chi connectivity index (χ1v) is 6.37. The standard InChI is InChI=1S/C12H20N4O2/c1-3-18-12(17)16-8-4-10(5-9-16)13-11-6-7-15(2)14-11/h6-7,10H,3-5,8-9H2,1-2H3,(H,13,14). The molecule has 0 unspecified atom stereocenters. The molecule has 0 spiro atoms. The number of likely N-dealkylation sites (tertiary alicyclic amines) is 1. The van der Waals surface area contributed by atoms with Crippen LogP contribution < -0.4 is 5.32 Å². The van der Waals surface area contributed by atoms with Crippen molar-refractivity contribution in [3.8, 4) is 0 Å². The van der Waals surface area contributed by atoms with Gasteiger partial charge < -0.3 is 15.0 Å². The van der Waals surface area contributed by atoms with Crippen LogP contribution in [0.4, 0.5) is 10.6 Å². The predicted molar refractivity (Wildman–Crippen MR) is 68.4 cm³/mol. The molecule has 1 aromatic heterocycles. The van der Waals surface area contributed by atoms with Gasteiger partial charge in [-0.25, -0.2) is 4.79 Å². The summed E-state index contributed by atoms with van der Waals surface area (Å²) in [6, 6.07) is 2.34. The fourth-order valence-electron chi connectivity index (χ4n) is 2.12. The molecule has 1 aliphatic heterocycles. The second-order valence-corrected chi connectivity index (χ2v) is 4.48. The summed E-state index contributed by atoms with van der Waals surface area (Å²) in [6.07, 6.45) is 3.56. The van der Waals surface area contributed by atoms with Gasteiger partial charge in [0.25, 0.3) is 0 Å². The molecule has 6 nitrogen and oxygen atoms in total. The smallest absolute Gasteiger partial charge is 0.409 e. The summed E-state index contributed by atoms with van der Waals surface area (Å²) < 4.78 is 6.76. The van der Waals surface area contributed by atoms with Gasteiger partial charge in [-0.15, -0.1) is 0 Å². The number of amides is 1. The Morgan fingerprint density at radius 3 is 2.83 bits per heavy atom. The normalized spacial score (nSPS) is 16.7. The number of carbonyl (C=O) groups is 1. The maximum absolute atomic E-state index is 11.5. The van der Waals surface area contributed by atoms with Crippen LogP contribution in [0.5, 0.6) is 0 Å². The molecule has 18 heavy (non-hydrogen) atoms. The van der Waals surface area contributed by atoms with Crippen molar-refractivity contribution in [3.63, 3.8) is 0 Å². The minimum Gasteiger partial charge on any atom is -0.450 e. The molecule has 2 rings (SSSR count). The second-order valence-electron chi connectivity index (χ2n) is 4.48. The third-order valence-corrected chi connectivity index (χ3v) is 3.09. The van der Waals surface area contributed by atoms with Gasteiger partial charge in [-0.2, -0.15) is 5.10 Å². The van der Waals surface area contributed by atoms with E-state index in [4.69, 9.17) is 4.74 Å². The van der Waals surface area contributed by atoms with Gasteiger partial charge in [0, 0.05) is 38.4 Å². The van der Waals surface area contributed by atoms with Crippen molar-refractivity contribution in [2.24, 2.45) is 7.05 Å². The number of nitrogens with one attached hydrogen (secondary N) is 1. The Balaban J connectivity index is 1.78. The molecule has 0 saturated carbocycles. The minimum atomic E-state index is -0.200. The van der Waals surface area contributed by atoms with Crippen LogP contribution in [-0.4, -0.2) is 46.5 Å². The summed E-state index contributed by atoms with van der Waals surface area (Å²) in [4.78, 5) is 13.3. The maximum atomic E-state index is 11.5. The summed E-state index contributed by atoms with van der Waals surface area (Å²) in [5, 5.41) is 7.67. The molecule has 0 bridgehead atoms. The van der Waals surface area contributed by atoms with Gasteiger partial charge in [-0.05, 0) is 19.8 Å². The molecular weight excluding hydrogens is 232 g/mol. The van der Waals surface area contributed by atoms with Crippen molar-refractivity contribution in [2.45, 2.75) is 25.8 Å². The van der Waals surface area contributed by atoms with Crippen molar-refractivity contribution < 1.29 is 9.53 Å². The molecule has 100 valence electrons. The first-order valence-electron chi connectivity index (χ1n) is 6.37. The predicted octanol–water partition coefficient (Wildman–Crippen LogP) is 1.45. The van der Waals surface area contributed by atoms with Crippen LogP contribution in [0.25, 0.3) is 0 Å². The number of hydrogen-bond donors (Lipinski definition) is 1. The average molecular weight is 252 g/mol. The van der Waals surface area contributed by atoms with Crippen LogP contribution in [0.15, 0.2) is 12.3 Å². The number of hydrogen-bond acceptors (Lipinski definition) is 4. The Bertz CT molecular complexity index is 397. The highest BCUT2D eigenvalue weighted by Gasteiger charge is 2.23. The van der Waals surface area contributed by atoms with Crippen LogP contribution in [0.3, 0.4) is 0 Å². The zero-order chi connectivity index (χ0) is 13.0. The van der Waals surface area contributed by atoms with Crippen LogP contribution >= 0.6 is 0 Å². The maximum Gasteiger partial charge on any atom is 0.409 e. The second kappa shape index (κ2) is 5.75. The molecule has 1 aliphatic rings. The van der Waals surface area contributed by atoms with Crippen molar-refractivity contribution in [1.29, 1.82) is 0 Å². The number of rotatable bonds is 3. The highest BCUT2D eigenvalue weighted by Crippen LogP contribution is 2.15. The van der Waals surface area contributed by atoms with E-state index in [0.29, 0.717) is 12.6 Å². The molecule has 0 aromatic carbocycles. The quantitative estimate of drug-likeness (QED) is 0.884. The topological polar surface area (TPSA) is 59.4 Å². The van der Waals surface area contributed by atoms with Gasteiger partial charge in [0.15, 0.2) is 0 Å². The van der Waals surface area contributed by atoms with Gasteiger partial charge in [0.2, 0.25) is 0 Å². The van der Waals surface area contributed by atoms with E-state index in [0.717, 1.165) is 31.7 Å². The third kappa shape index (κ3) is 3.15. The van der Waals surface area contributed by atoms with E-state index in [-0.39, 0.29) is 6.09 Å². The average Bonchev–Trinajstić information content (AvgIpc) is 2.76. The molecule has 1 amide bonds. The summed E-state index contributed by atoms with van der Waals surface area (Å²) >= 11 is 0. The molecule has 1 fully saturated rings. The molecule has 2 heterocycles. The molecule has 1 N–H and O–H groups in total. The van der Waals surface area contributed by atoms with Gasteiger partial charge in [-0.1, -0.05) is 0 Å². The third-order valence-electron chi connectivity index (χ3n) is 3.09. The van der Waals surface area contributed by atoms with Crippen molar-refractivity contribution in [2.75, 3.05) is 25.0 Å². The molecular formula is C12H20N4O2. The number of ether oxygens (including phenoxy) is 1. The first-order chi connectivity index (χ1) is 8.69. The Morgan fingerprint density at radius 1 is 1.56 bits per heavy atom. The van der Waals surface area contributed by atoms with Crippen LogP contribution in [0.1, 0.15) is 19.8 Å². The Kier molecular flexibility index (Phi) is 4.07. The Hall–Kier alpha value is -1.72. The van der Waals surface area contributed by atoms with E-state index in [9.17, 15) is 4.79 Å². The summed E-state index contributed by atoms with van der Waals surface area (Å²) in [6.45, 7) is 3.74. The molecule has 1 aromatic rings. The Morgan fingerprint density at radius 2 is 2.28 bits per heavy atom. The first kappa shape index (κ1) is 12.7. The van der Waals surface area contributed by atoms with E-state index >= 15 is 0 Å². The van der Waals surface area contributed by atoms with Crippen molar-refractivity contribution in [3.05, 3.63) is 12.3 Å². The lowest BCUT2D eigenvalue weighted by Crippen LogP contribution is -2.42. The summed E-state index contributed by atoms with van der Waals surface area (Å²) in [5.41, 5.74) is 0. The number of anilines is 1. The van der Waals surface area contributed by atoms with Crippen molar-refractivity contribution >= 4 is 11.9 Å². The number of aromatic nitrogens is 2. The van der Waals surface area contributed by atoms with Crippen LogP contribution in [0.2, 0.25) is 0 Å². The minimum absolute atomic E-state index is 0.200. The fourth-order valence-corrected chi connectivity index (χ4v) is 2.12. The lowest BCUT2D eigenvalue weighted by atomic mass is 10.1. The van der Waals surface area contributed by atoms with Crippen LogP contribution in [0, 0.1) is 0 Å². The van der Waals surface area contributed by atoms with Gasteiger partial charge in [-0.3, -0.25) is 4.68 Å². The highest BCUT2D eigenvalue weighted by atomic mass is 16.6. The van der Waals surface area contributed by atoms with Gasteiger partial charge in [0.05, 0.1) is 6.61 Å². The van der Waals surface area contributed by atoms with Gasteiger partial charge in [0.1, 0.15) is 5.82 Å². The van der Waals surface area contributed by atoms with E-state index < -0.39 is 0 Å². The van der Waals surface area contributed by atoms with E-state index in [1.54, 1.807) is 9.58 Å². The summed E-state index contributed by atoms with van der Waals surface area (Å²) in [5.74, 6) is 0.895. The highest BCUT2D eigenvalue weighted by molar-refractivity contribution is 5.67. The largest absolute Gasteiger partial charge is 0.450 e. The van der Waals surface area contributed by atoms with Crippen LogP contribution in [-0.2, 0) is 11.8 Å². The Labute approximate surface area is 107 Å². The SMILES string of the molecule is CCOC(=O)N1CCC(Nc2ccn(C)n2)CC1. The monoisotopic (exact) mass is 252 g/mol. The molecule has 0 aliphatic carbocycles. The fraction of sp³-hybridized carbons (Fsp3) is 0.667. The molecule has 0 radical (unpaired) electrons. The number of piperidine rings is 1. The number of aryl methyl sites for hydroxylation is 1. The van der Waals surface area contributed by atoms with Gasteiger partial charge >= 0.3 is 6.09 Å². The van der Waals surface area contributed by atoms with Crippen molar-refractivity contribution in [1.82, 2.24) is 14.7 Å². The van der Waals surface area contributed by atoms with E-state index in [2.05, 4.69) is 10.4 Å². The zero-order valence-electron chi connectivity index (χ0n) is 10.9. The van der Waals surface area contributed by atoms with E-state index in [1.165, 1.54) is 0 Å². The van der Waals surface area contributed by atoms with E-state index in [1.807, 2.05) is 26.2 Å². The number of carbonyl (C=O) groups excluding carboxylic acids is 1. The molecule has 6 heteroatoms.